The minimum absolute atomic E-state index is 0.499. The number of aryl methyl sites for hydroxylation is 1. The predicted octanol–water partition coefficient (Wildman–Crippen LogP) is 0.922. The van der Waals surface area contributed by atoms with Gasteiger partial charge in [0.1, 0.15) is 6.33 Å². The van der Waals surface area contributed by atoms with Crippen LogP contribution >= 0.6 is 0 Å². The van der Waals surface area contributed by atoms with Crippen molar-refractivity contribution in [3.8, 4) is 0 Å². The Kier molecular flexibility index (Phi) is 3.17. The molecule has 3 nitrogen and oxygen atoms in total. The fraction of sp³-hybridized carbons (Fsp3) is 0.556. The Bertz CT molecular complexity index is 247. The highest BCUT2D eigenvalue weighted by molar-refractivity contribution is 5.06. The third-order valence-electron chi connectivity index (χ3n) is 1.82. The van der Waals surface area contributed by atoms with Crippen molar-refractivity contribution in [2.24, 2.45) is 11.7 Å². The molecule has 0 bridgehead atoms. The van der Waals surface area contributed by atoms with Crippen LogP contribution in [0.15, 0.2) is 12.4 Å². The van der Waals surface area contributed by atoms with Gasteiger partial charge in [0, 0.05) is 11.4 Å². The molecule has 66 valence electrons. The maximum Gasteiger partial charge on any atom is 0.115 e. The van der Waals surface area contributed by atoms with Crippen molar-refractivity contribution >= 4 is 0 Å². The van der Waals surface area contributed by atoms with Crippen LogP contribution in [-0.4, -0.2) is 16.5 Å². The minimum atomic E-state index is 0.499. The largest absolute Gasteiger partial charge is 0.330 e. The van der Waals surface area contributed by atoms with Crippen molar-refractivity contribution in [1.82, 2.24) is 9.97 Å². The molecule has 0 fully saturated rings. The van der Waals surface area contributed by atoms with Gasteiger partial charge in [-0.25, -0.2) is 9.97 Å². The van der Waals surface area contributed by atoms with Gasteiger partial charge in [-0.3, -0.25) is 0 Å². The molecule has 0 amide bonds. The van der Waals surface area contributed by atoms with E-state index in [4.69, 9.17) is 5.73 Å². The molecule has 1 atom stereocenters. The van der Waals surface area contributed by atoms with Crippen LogP contribution in [0.3, 0.4) is 0 Å². The normalized spacial score (nSPS) is 12.9. The van der Waals surface area contributed by atoms with E-state index in [2.05, 4.69) is 16.9 Å². The topological polar surface area (TPSA) is 51.8 Å². The van der Waals surface area contributed by atoms with Gasteiger partial charge in [0.25, 0.3) is 0 Å². The number of hydrogen-bond donors (Lipinski definition) is 1. The molecule has 0 aliphatic carbocycles. The summed E-state index contributed by atoms with van der Waals surface area (Å²) in [5.41, 5.74) is 7.62. The fourth-order valence-electron chi connectivity index (χ4n) is 1.06. The first kappa shape index (κ1) is 9.13. The van der Waals surface area contributed by atoms with E-state index in [1.165, 1.54) is 0 Å². The van der Waals surface area contributed by atoms with Crippen LogP contribution in [0, 0.1) is 12.8 Å². The summed E-state index contributed by atoms with van der Waals surface area (Å²) in [6.07, 6.45) is 2.55. The average molecular weight is 165 g/mol. The van der Waals surface area contributed by atoms with E-state index in [-0.39, 0.29) is 0 Å². The second-order valence-corrected chi connectivity index (χ2v) is 3.20. The van der Waals surface area contributed by atoms with Crippen molar-refractivity contribution < 1.29 is 0 Å². The Morgan fingerprint density at radius 2 is 2.25 bits per heavy atom. The maximum atomic E-state index is 5.51. The zero-order valence-corrected chi connectivity index (χ0v) is 7.62. The van der Waals surface area contributed by atoms with Crippen LogP contribution < -0.4 is 5.73 Å². The molecule has 3 heteroatoms. The lowest BCUT2D eigenvalue weighted by atomic mass is 10.1. The second-order valence-electron chi connectivity index (χ2n) is 3.20. The minimum Gasteiger partial charge on any atom is -0.330 e. The Morgan fingerprint density at radius 1 is 1.50 bits per heavy atom. The van der Waals surface area contributed by atoms with E-state index in [0.717, 1.165) is 17.8 Å². The van der Waals surface area contributed by atoms with Gasteiger partial charge in [0.05, 0.1) is 0 Å². The summed E-state index contributed by atoms with van der Waals surface area (Å²) in [4.78, 5) is 8.19. The summed E-state index contributed by atoms with van der Waals surface area (Å²) < 4.78 is 0. The van der Waals surface area contributed by atoms with Gasteiger partial charge in [0.2, 0.25) is 0 Å². The lowest BCUT2D eigenvalue weighted by Gasteiger charge is -2.06. The SMILES string of the molecule is Cc1cc(CC(C)CN)ncn1. The summed E-state index contributed by atoms with van der Waals surface area (Å²) in [5.74, 6) is 0.499. The number of hydrogen-bond acceptors (Lipinski definition) is 3. The van der Waals surface area contributed by atoms with Gasteiger partial charge in [-0.05, 0) is 31.9 Å². The predicted molar refractivity (Wildman–Crippen MR) is 48.7 cm³/mol. The highest BCUT2D eigenvalue weighted by Crippen LogP contribution is 2.04. The van der Waals surface area contributed by atoms with Crippen LogP contribution in [0.4, 0.5) is 0 Å². The lowest BCUT2D eigenvalue weighted by Crippen LogP contribution is -2.13. The van der Waals surface area contributed by atoms with Gasteiger partial charge >= 0.3 is 0 Å². The van der Waals surface area contributed by atoms with Gasteiger partial charge in [0.15, 0.2) is 0 Å². The van der Waals surface area contributed by atoms with E-state index in [0.29, 0.717) is 12.5 Å². The molecule has 1 heterocycles. The Hall–Kier alpha value is -0.960. The molecule has 1 unspecified atom stereocenters. The molecule has 1 aromatic heterocycles. The lowest BCUT2D eigenvalue weighted by molar-refractivity contribution is 0.583. The first-order valence-corrected chi connectivity index (χ1v) is 4.20. The maximum absolute atomic E-state index is 5.51. The van der Waals surface area contributed by atoms with Crippen LogP contribution in [0.1, 0.15) is 18.3 Å². The summed E-state index contributed by atoms with van der Waals surface area (Å²) in [7, 11) is 0. The van der Waals surface area contributed by atoms with Crippen molar-refractivity contribution in [3.63, 3.8) is 0 Å². The summed E-state index contributed by atoms with van der Waals surface area (Å²) in [6, 6.07) is 2.01. The summed E-state index contributed by atoms with van der Waals surface area (Å²) in [6.45, 7) is 4.80. The van der Waals surface area contributed by atoms with E-state index < -0.39 is 0 Å². The van der Waals surface area contributed by atoms with Crippen LogP contribution in [0.2, 0.25) is 0 Å². The Morgan fingerprint density at radius 3 is 2.83 bits per heavy atom. The Balaban J connectivity index is 2.63. The van der Waals surface area contributed by atoms with Gasteiger partial charge in [-0.2, -0.15) is 0 Å². The second kappa shape index (κ2) is 4.16. The van der Waals surface area contributed by atoms with Crippen LogP contribution in [0.5, 0.6) is 0 Å². The highest BCUT2D eigenvalue weighted by Gasteiger charge is 2.02. The third-order valence-corrected chi connectivity index (χ3v) is 1.82. The summed E-state index contributed by atoms with van der Waals surface area (Å²) in [5, 5.41) is 0. The van der Waals surface area contributed by atoms with E-state index in [9.17, 15) is 0 Å². The molecular formula is C9H15N3. The third kappa shape index (κ3) is 2.58. The first-order valence-electron chi connectivity index (χ1n) is 4.20. The Labute approximate surface area is 73.0 Å². The average Bonchev–Trinajstić information content (AvgIpc) is 2.04. The molecule has 0 saturated heterocycles. The molecule has 12 heavy (non-hydrogen) atoms. The molecule has 1 aromatic rings. The van der Waals surface area contributed by atoms with Crippen molar-refractivity contribution in [2.45, 2.75) is 20.3 Å². The van der Waals surface area contributed by atoms with Crippen LogP contribution in [0.25, 0.3) is 0 Å². The first-order chi connectivity index (χ1) is 5.72. The molecule has 0 aliphatic rings. The van der Waals surface area contributed by atoms with Crippen LogP contribution in [-0.2, 0) is 6.42 Å². The fourth-order valence-corrected chi connectivity index (χ4v) is 1.06. The zero-order chi connectivity index (χ0) is 8.97. The van der Waals surface area contributed by atoms with E-state index in [1.54, 1.807) is 6.33 Å². The molecule has 0 aliphatic heterocycles. The zero-order valence-electron chi connectivity index (χ0n) is 7.62. The monoisotopic (exact) mass is 165 g/mol. The molecule has 0 radical (unpaired) electrons. The van der Waals surface area contributed by atoms with Crippen molar-refractivity contribution in [3.05, 3.63) is 23.8 Å². The smallest absolute Gasteiger partial charge is 0.115 e. The standard InChI is InChI=1S/C9H15N3/c1-7(5-10)3-9-4-8(2)11-6-12-9/h4,6-7H,3,5,10H2,1-2H3. The highest BCUT2D eigenvalue weighted by atomic mass is 14.8. The molecule has 0 spiro atoms. The number of rotatable bonds is 3. The number of nitrogens with zero attached hydrogens (tertiary/aromatic N) is 2. The van der Waals surface area contributed by atoms with Gasteiger partial charge in [-0.15, -0.1) is 0 Å². The van der Waals surface area contributed by atoms with Crippen molar-refractivity contribution in [2.75, 3.05) is 6.54 Å². The molecule has 0 aromatic carbocycles. The van der Waals surface area contributed by atoms with E-state index >= 15 is 0 Å². The van der Waals surface area contributed by atoms with E-state index in [1.807, 2.05) is 13.0 Å². The van der Waals surface area contributed by atoms with Gasteiger partial charge in [-0.1, -0.05) is 6.92 Å². The molecule has 1 rings (SSSR count). The van der Waals surface area contributed by atoms with Crippen molar-refractivity contribution in [1.29, 1.82) is 0 Å². The molecule has 0 saturated carbocycles. The molecule has 2 N–H and O–H groups in total. The quantitative estimate of drug-likeness (QED) is 0.724. The number of aromatic nitrogens is 2. The molecular weight excluding hydrogens is 150 g/mol. The summed E-state index contributed by atoms with van der Waals surface area (Å²) >= 11 is 0. The van der Waals surface area contributed by atoms with Gasteiger partial charge < -0.3 is 5.73 Å². The number of nitrogens with two attached hydrogens (primary N) is 1.